The molecule has 112 valence electrons. The first-order valence-corrected chi connectivity index (χ1v) is 7.85. The van der Waals surface area contributed by atoms with E-state index in [9.17, 15) is 4.79 Å². The Morgan fingerprint density at radius 3 is 2.59 bits per heavy atom. The van der Waals surface area contributed by atoms with Gasteiger partial charge in [-0.1, -0.05) is 29.8 Å². The van der Waals surface area contributed by atoms with Crippen LogP contribution in [0.25, 0.3) is 16.8 Å². The predicted octanol–water partition coefficient (Wildman–Crippen LogP) is 3.19. The first-order chi connectivity index (χ1) is 10.6. The van der Waals surface area contributed by atoms with Crippen LogP contribution in [-0.4, -0.2) is 14.6 Å². The van der Waals surface area contributed by atoms with Crippen LogP contribution >= 0.6 is 0 Å². The van der Waals surface area contributed by atoms with Gasteiger partial charge < -0.3 is 0 Å². The predicted molar refractivity (Wildman–Crippen MR) is 87.4 cm³/mol. The van der Waals surface area contributed by atoms with Gasteiger partial charge in [0, 0.05) is 16.8 Å². The lowest BCUT2D eigenvalue weighted by Gasteiger charge is -2.13. The van der Waals surface area contributed by atoms with Gasteiger partial charge >= 0.3 is 0 Å². The molecule has 0 amide bonds. The molecule has 0 bridgehead atoms. The normalized spacial score (nSPS) is 14.3. The third kappa shape index (κ3) is 1.90. The molecule has 1 aromatic carbocycles. The van der Waals surface area contributed by atoms with Gasteiger partial charge in [-0.2, -0.15) is 0 Å². The molecule has 0 aliphatic heterocycles. The maximum absolute atomic E-state index is 12.7. The van der Waals surface area contributed by atoms with Gasteiger partial charge in [0.2, 0.25) is 0 Å². The second kappa shape index (κ2) is 4.83. The fourth-order valence-corrected chi connectivity index (χ4v) is 3.38. The van der Waals surface area contributed by atoms with Crippen molar-refractivity contribution in [2.75, 3.05) is 0 Å². The summed E-state index contributed by atoms with van der Waals surface area (Å²) in [4.78, 5) is 17.5. The molecule has 0 spiro atoms. The lowest BCUT2D eigenvalue weighted by atomic mass is 9.97. The molecule has 2 heterocycles. The molecule has 0 atom stereocenters. The number of benzene rings is 1. The number of nitrogens with one attached hydrogen (secondary N) is 1. The molecule has 3 aromatic rings. The number of hydrogen-bond donors (Lipinski definition) is 1. The molecule has 0 saturated heterocycles. The van der Waals surface area contributed by atoms with Crippen molar-refractivity contribution in [2.45, 2.75) is 39.5 Å². The van der Waals surface area contributed by atoms with Crippen LogP contribution in [0.2, 0.25) is 0 Å². The minimum atomic E-state index is 0.0705. The number of rotatable bonds is 1. The highest BCUT2D eigenvalue weighted by Gasteiger charge is 2.20. The zero-order valence-electron chi connectivity index (χ0n) is 12.9. The van der Waals surface area contributed by atoms with Crippen LogP contribution in [0.5, 0.6) is 0 Å². The summed E-state index contributed by atoms with van der Waals surface area (Å²) in [5.41, 5.74) is 7.05. The summed E-state index contributed by atoms with van der Waals surface area (Å²) >= 11 is 0. The van der Waals surface area contributed by atoms with Crippen LogP contribution in [0.1, 0.15) is 35.4 Å². The Kier molecular flexibility index (Phi) is 2.93. The average molecular weight is 293 g/mol. The highest BCUT2D eigenvalue weighted by atomic mass is 16.1. The molecule has 0 fully saturated rings. The lowest BCUT2D eigenvalue weighted by Crippen LogP contribution is -2.25. The second-order valence-corrected chi connectivity index (χ2v) is 6.19. The van der Waals surface area contributed by atoms with Gasteiger partial charge in [0.05, 0.1) is 5.69 Å². The quantitative estimate of drug-likeness (QED) is 0.749. The third-order valence-corrected chi connectivity index (χ3v) is 4.57. The first-order valence-electron chi connectivity index (χ1n) is 7.85. The Labute approximate surface area is 128 Å². The number of aryl methyl sites for hydroxylation is 3. The van der Waals surface area contributed by atoms with Crippen LogP contribution in [0.4, 0.5) is 0 Å². The highest BCUT2D eigenvalue weighted by Crippen LogP contribution is 2.28. The largest absolute Gasteiger partial charge is 0.293 e. The van der Waals surface area contributed by atoms with E-state index >= 15 is 0 Å². The van der Waals surface area contributed by atoms with Crippen molar-refractivity contribution in [3.8, 4) is 11.1 Å². The Morgan fingerprint density at radius 2 is 1.82 bits per heavy atom. The molecule has 4 rings (SSSR count). The summed E-state index contributed by atoms with van der Waals surface area (Å²) in [5.74, 6) is 0. The first kappa shape index (κ1) is 13.3. The smallest absolute Gasteiger partial charge is 0.276 e. The Balaban J connectivity index is 2.03. The number of aromatic nitrogens is 3. The topological polar surface area (TPSA) is 50.2 Å². The number of fused-ring (bicyclic) bond motifs is 2. The number of aromatic amines is 1. The van der Waals surface area contributed by atoms with Crippen molar-refractivity contribution in [3.05, 3.63) is 57.1 Å². The second-order valence-electron chi connectivity index (χ2n) is 6.19. The zero-order chi connectivity index (χ0) is 15.3. The molecule has 0 radical (unpaired) electrons. The van der Waals surface area contributed by atoms with Crippen molar-refractivity contribution in [1.82, 2.24) is 14.6 Å². The van der Waals surface area contributed by atoms with Crippen molar-refractivity contribution < 1.29 is 0 Å². The van der Waals surface area contributed by atoms with E-state index < -0.39 is 0 Å². The van der Waals surface area contributed by atoms with Crippen LogP contribution in [-0.2, 0) is 12.8 Å². The standard InChI is InChI=1S/C18H19N3O/c1-11-7-9-13(10-8-11)16-12(2)20-21-17(16)19-15-6-4-3-5-14(15)18(21)22/h7-10,20H,3-6H2,1-2H3. The summed E-state index contributed by atoms with van der Waals surface area (Å²) in [6.07, 6.45) is 3.97. The molecule has 2 aromatic heterocycles. The molecule has 0 saturated carbocycles. The van der Waals surface area contributed by atoms with Crippen LogP contribution < -0.4 is 5.56 Å². The summed E-state index contributed by atoms with van der Waals surface area (Å²) < 4.78 is 1.62. The molecule has 1 aliphatic carbocycles. The van der Waals surface area contributed by atoms with E-state index in [0.29, 0.717) is 0 Å². The molecule has 0 unspecified atom stereocenters. The lowest BCUT2D eigenvalue weighted by molar-refractivity contribution is 0.651. The molecule has 4 heteroatoms. The number of H-pyrrole nitrogens is 1. The van der Waals surface area contributed by atoms with E-state index in [4.69, 9.17) is 4.98 Å². The van der Waals surface area contributed by atoms with E-state index in [-0.39, 0.29) is 5.56 Å². The maximum Gasteiger partial charge on any atom is 0.276 e. The third-order valence-electron chi connectivity index (χ3n) is 4.57. The molecular formula is C18H19N3O. The van der Waals surface area contributed by atoms with Crippen molar-refractivity contribution in [2.24, 2.45) is 0 Å². The summed E-state index contributed by atoms with van der Waals surface area (Å²) in [6, 6.07) is 8.37. The average Bonchev–Trinajstić information content (AvgIpc) is 2.85. The minimum absolute atomic E-state index is 0.0705. The van der Waals surface area contributed by atoms with Crippen molar-refractivity contribution in [1.29, 1.82) is 0 Å². The molecule has 1 aliphatic rings. The monoisotopic (exact) mass is 293 g/mol. The van der Waals surface area contributed by atoms with E-state index in [2.05, 4.69) is 36.3 Å². The molecule has 22 heavy (non-hydrogen) atoms. The summed E-state index contributed by atoms with van der Waals surface area (Å²) in [6.45, 7) is 4.08. The summed E-state index contributed by atoms with van der Waals surface area (Å²) in [5, 5.41) is 3.20. The highest BCUT2D eigenvalue weighted by molar-refractivity contribution is 5.80. The van der Waals surface area contributed by atoms with Crippen molar-refractivity contribution in [3.63, 3.8) is 0 Å². The molecule has 4 nitrogen and oxygen atoms in total. The van der Waals surface area contributed by atoms with Crippen LogP contribution in [0.15, 0.2) is 29.1 Å². The van der Waals surface area contributed by atoms with Gasteiger partial charge in [-0.3, -0.25) is 9.89 Å². The van der Waals surface area contributed by atoms with Crippen LogP contribution in [0.3, 0.4) is 0 Å². The van der Waals surface area contributed by atoms with Gasteiger partial charge in [0.25, 0.3) is 5.56 Å². The Morgan fingerprint density at radius 1 is 1.09 bits per heavy atom. The molecular weight excluding hydrogens is 274 g/mol. The Hall–Kier alpha value is -2.36. The van der Waals surface area contributed by atoms with Crippen molar-refractivity contribution >= 4 is 5.65 Å². The molecule has 1 N–H and O–H groups in total. The fraction of sp³-hybridized carbons (Fsp3) is 0.333. The Bertz CT molecular complexity index is 916. The van der Waals surface area contributed by atoms with Gasteiger partial charge in [0.1, 0.15) is 0 Å². The van der Waals surface area contributed by atoms with Gasteiger partial charge in [-0.05, 0) is 45.1 Å². The van der Waals surface area contributed by atoms with Crippen LogP contribution in [0, 0.1) is 13.8 Å². The van der Waals surface area contributed by atoms with Gasteiger partial charge in [0.15, 0.2) is 5.65 Å². The fourth-order valence-electron chi connectivity index (χ4n) is 3.38. The van der Waals surface area contributed by atoms with E-state index in [1.807, 2.05) is 6.92 Å². The summed E-state index contributed by atoms with van der Waals surface area (Å²) in [7, 11) is 0. The zero-order valence-corrected chi connectivity index (χ0v) is 12.9. The van der Waals surface area contributed by atoms with E-state index in [1.165, 1.54) is 5.56 Å². The van der Waals surface area contributed by atoms with E-state index in [1.54, 1.807) is 4.52 Å². The number of nitrogens with zero attached hydrogens (tertiary/aromatic N) is 2. The number of hydrogen-bond acceptors (Lipinski definition) is 2. The minimum Gasteiger partial charge on any atom is -0.293 e. The van der Waals surface area contributed by atoms with E-state index in [0.717, 1.165) is 59.4 Å². The SMILES string of the molecule is Cc1ccc(-c2c(C)[nH]n3c(=O)c4c(nc23)CCCC4)cc1. The van der Waals surface area contributed by atoms with Gasteiger partial charge in [-0.25, -0.2) is 9.50 Å². The maximum atomic E-state index is 12.7. The van der Waals surface area contributed by atoms with Gasteiger partial charge in [-0.15, -0.1) is 0 Å².